The number of aromatic nitrogens is 5. The minimum absolute atomic E-state index is 0.218. The van der Waals surface area contributed by atoms with Crippen LogP contribution in [-0.2, 0) is 0 Å². The summed E-state index contributed by atoms with van der Waals surface area (Å²) in [6.07, 6.45) is 4.84. The first-order chi connectivity index (χ1) is 11.8. The lowest BCUT2D eigenvalue weighted by atomic mass is 10.2. The molecule has 3 heterocycles. The second-order valence-corrected chi connectivity index (χ2v) is 5.63. The number of hydrogen-bond acceptors (Lipinski definition) is 8. The fraction of sp³-hybridized carbons (Fsp3) is 0. The Hall–Kier alpha value is -3.33. The molecule has 4 rings (SSSR count). The average Bonchev–Trinajstić information content (AvgIpc) is 3.28. The Labute approximate surface area is 139 Å². The van der Waals surface area contributed by atoms with Crippen molar-refractivity contribution in [2.45, 2.75) is 0 Å². The number of anilines is 2. The van der Waals surface area contributed by atoms with E-state index in [9.17, 15) is 4.79 Å². The maximum Gasteiger partial charge on any atom is 0.439 e. The van der Waals surface area contributed by atoms with Gasteiger partial charge in [0.15, 0.2) is 11.5 Å². The van der Waals surface area contributed by atoms with E-state index >= 15 is 0 Å². The Morgan fingerprint density at radius 3 is 2.58 bits per heavy atom. The molecule has 0 fully saturated rings. The monoisotopic (exact) mass is 338 g/mol. The molecule has 118 valence electrons. The number of nitrogens with zero attached hydrogens (tertiary/aromatic N) is 4. The first-order valence-corrected chi connectivity index (χ1v) is 7.82. The summed E-state index contributed by atoms with van der Waals surface area (Å²) >= 11 is 1.58. The zero-order valence-corrected chi connectivity index (χ0v) is 12.9. The lowest BCUT2D eigenvalue weighted by Gasteiger charge is -2.08. The van der Waals surface area contributed by atoms with Crippen LogP contribution in [0.1, 0.15) is 0 Å². The van der Waals surface area contributed by atoms with E-state index in [1.165, 1.54) is 6.20 Å². The molecule has 0 spiro atoms. The van der Waals surface area contributed by atoms with Gasteiger partial charge in [-0.15, -0.1) is 11.3 Å². The van der Waals surface area contributed by atoms with Gasteiger partial charge in [-0.25, -0.2) is 19.7 Å². The highest BCUT2D eigenvalue weighted by atomic mass is 32.1. The van der Waals surface area contributed by atoms with Gasteiger partial charge in [-0.2, -0.15) is 0 Å². The Morgan fingerprint density at radius 1 is 1.04 bits per heavy atom. The average molecular weight is 338 g/mol. The van der Waals surface area contributed by atoms with Crippen LogP contribution in [0.2, 0.25) is 0 Å². The number of aromatic amines is 1. The molecular weight excluding hydrogens is 328 g/mol. The highest BCUT2D eigenvalue weighted by molar-refractivity contribution is 7.13. The van der Waals surface area contributed by atoms with Crippen LogP contribution in [-0.4, -0.2) is 25.1 Å². The van der Waals surface area contributed by atoms with Crippen LogP contribution in [0, 0.1) is 0 Å². The number of H-pyrrole nitrogens is 1. The first-order valence-electron chi connectivity index (χ1n) is 6.94. The second-order valence-electron chi connectivity index (χ2n) is 4.74. The van der Waals surface area contributed by atoms with Crippen LogP contribution >= 0.6 is 11.3 Å². The molecule has 0 bridgehead atoms. The summed E-state index contributed by atoms with van der Waals surface area (Å²) in [6, 6.07) is 7.77. The maximum absolute atomic E-state index is 11.1. The Bertz CT molecular complexity index is 1010. The molecule has 2 N–H and O–H groups in total. The predicted molar refractivity (Wildman–Crippen MR) is 89.0 cm³/mol. The van der Waals surface area contributed by atoms with Crippen molar-refractivity contribution in [3.63, 3.8) is 0 Å². The van der Waals surface area contributed by atoms with Gasteiger partial charge >= 0.3 is 5.76 Å². The van der Waals surface area contributed by atoms with Crippen LogP contribution in [0.5, 0.6) is 0 Å². The molecular formula is C15H10N6O2S. The van der Waals surface area contributed by atoms with Gasteiger partial charge in [0.1, 0.15) is 5.01 Å². The number of hydrogen-bond donors (Lipinski definition) is 2. The van der Waals surface area contributed by atoms with E-state index in [0.29, 0.717) is 11.5 Å². The molecule has 0 amide bonds. The Balaban J connectivity index is 1.63. The van der Waals surface area contributed by atoms with Crippen LogP contribution < -0.4 is 11.1 Å². The van der Waals surface area contributed by atoms with Gasteiger partial charge in [0.2, 0.25) is 5.82 Å². The zero-order chi connectivity index (χ0) is 16.4. The van der Waals surface area contributed by atoms with Crippen LogP contribution in [0.15, 0.2) is 57.6 Å². The highest BCUT2D eigenvalue weighted by Gasteiger charge is 2.13. The number of benzene rings is 1. The standard InChI is InChI=1S/C15H10N6O2S/c22-15-20-13(21-23-15)11-12(17-6-5-16-11)19-10-3-1-9(2-4-10)14-18-7-8-24-14/h1-8H,(H,17,19)(H,20,21,22). The van der Waals surface area contributed by atoms with Gasteiger partial charge in [-0.05, 0) is 24.3 Å². The van der Waals surface area contributed by atoms with Gasteiger partial charge in [-0.1, -0.05) is 5.16 Å². The molecule has 0 atom stereocenters. The predicted octanol–water partition coefficient (Wildman–Crippen LogP) is 2.69. The normalized spacial score (nSPS) is 10.7. The molecule has 24 heavy (non-hydrogen) atoms. The van der Waals surface area contributed by atoms with E-state index in [1.807, 2.05) is 29.6 Å². The molecule has 9 heteroatoms. The topological polar surface area (TPSA) is 110 Å². The van der Waals surface area contributed by atoms with Crippen molar-refractivity contribution in [3.05, 3.63) is 58.8 Å². The number of rotatable bonds is 4. The molecule has 0 radical (unpaired) electrons. The third-order valence-corrected chi connectivity index (χ3v) is 4.01. The van der Waals surface area contributed by atoms with Crippen molar-refractivity contribution < 1.29 is 4.52 Å². The van der Waals surface area contributed by atoms with Crippen LogP contribution in [0.4, 0.5) is 11.5 Å². The molecule has 3 aromatic heterocycles. The highest BCUT2D eigenvalue weighted by Crippen LogP contribution is 2.26. The third-order valence-electron chi connectivity index (χ3n) is 3.19. The van der Waals surface area contributed by atoms with Crippen molar-refractivity contribution in [3.8, 4) is 22.1 Å². The molecule has 0 saturated carbocycles. The summed E-state index contributed by atoms with van der Waals surface area (Å²) in [5.74, 6) is 0.0356. The summed E-state index contributed by atoms with van der Waals surface area (Å²) in [7, 11) is 0. The minimum Gasteiger partial charge on any atom is -0.338 e. The third kappa shape index (κ3) is 2.79. The van der Waals surface area contributed by atoms with Crippen molar-refractivity contribution in [2.24, 2.45) is 0 Å². The molecule has 4 aromatic rings. The quantitative estimate of drug-likeness (QED) is 0.588. The van der Waals surface area contributed by atoms with Crippen molar-refractivity contribution >= 4 is 22.8 Å². The number of thiazole rings is 1. The number of nitrogens with one attached hydrogen (secondary N) is 2. The summed E-state index contributed by atoms with van der Waals surface area (Å²) in [5.41, 5.74) is 2.26. The van der Waals surface area contributed by atoms with E-state index < -0.39 is 5.76 Å². The van der Waals surface area contributed by atoms with Crippen LogP contribution in [0.25, 0.3) is 22.1 Å². The Kier molecular flexibility index (Phi) is 3.60. The van der Waals surface area contributed by atoms with E-state index in [0.717, 1.165) is 16.3 Å². The lowest BCUT2D eigenvalue weighted by Crippen LogP contribution is -2.01. The zero-order valence-electron chi connectivity index (χ0n) is 12.1. The van der Waals surface area contributed by atoms with Crippen molar-refractivity contribution in [1.82, 2.24) is 25.1 Å². The molecule has 0 aliphatic carbocycles. The van der Waals surface area contributed by atoms with Crippen molar-refractivity contribution in [1.29, 1.82) is 0 Å². The van der Waals surface area contributed by atoms with E-state index in [1.54, 1.807) is 23.7 Å². The van der Waals surface area contributed by atoms with Gasteiger partial charge in [-0.3, -0.25) is 9.51 Å². The van der Waals surface area contributed by atoms with E-state index in [-0.39, 0.29) is 5.82 Å². The molecule has 0 unspecified atom stereocenters. The molecule has 0 aliphatic heterocycles. The molecule has 1 aromatic carbocycles. The largest absolute Gasteiger partial charge is 0.439 e. The smallest absolute Gasteiger partial charge is 0.338 e. The Morgan fingerprint density at radius 2 is 1.88 bits per heavy atom. The SMILES string of the molecule is O=c1[nH]c(-c2nccnc2Nc2ccc(-c3nccs3)cc2)no1. The van der Waals surface area contributed by atoms with Gasteiger partial charge < -0.3 is 5.32 Å². The van der Waals surface area contributed by atoms with Gasteiger partial charge in [0.25, 0.3) is 0 Å². The van der Waals surface area contributed by atoms with E-state index in [2.05, 4.69) is 34.9 Å². The van der Waals surface area contributed by atoms with Gasteiger partial charge in [0, 0.05) is 35.2 Å². The molecule has 0 aliphatic rings. The van der Waals surface area contributed by atoms with Crippen LogP contribution in [0.3, 0.4) is 0 Å². The fourth-order valence-corrected chi connectivity index (χ4v) is 2.78. The molecule has 8 nitrogen and oxygen atoms in total. The fourth-order valence-electron chi connectivity index (χ4n) is 2.13. The first kappa shape index (κ1) is 14.3. The maximum atomic E-state index is 11.1. The molecule has 0 saturated heterocycles. The summed E-state index contributed by atoms with van der Waals surface area (Å²) in [6.45, 7) is 0. The lowest BCUT2D eigenvalue weighted by molar-refractivity contribution is 0.387. The summed E-state index contributed by atoms with van der Waals surface area (Å²) in [5, 5.41) is 9.70. The minimum atomic E-state index is -0.644. The second kappa shape index (κ2) is 6.05. The van der Waals surface area contributed by atoms with Gasteiger partial charge in [0.05, 0.1) is 0 Å². The van der Waals surface area contributed by atoms with Crippen molar-refractivity contribution in [2.75, 3.05) is 5.32 Å². The summed E-state index contributed by atoms with van der Waals surface area (Å²) in [4.78, 5) is 26.3. The van der Waals surface area contributed by atoms with E-state index in [4.69, 9.17) is 0 Å². The summed E-state index contributed by atoms with van der Waals surface area (Å²) < 4.78 is 4.52.